The quantitative estimate of drug-likeness (QED) is 0.811. The van der Waals surface area contributed by atoms with E-state index in [1.807, 2.05) is 23.0 Å². The smallest absolute Gasteiger partial charge is 0.138 e. The van der Waals surface area contributed by atoms with Crippen LogP contribution >= 0.6 is 0 Å². The van der Waals surface area contributed by atoms with Crippen molar-refractivity contribution in [2.75, 3.05) is 6.54 Å². The molecule has 2 rings (SSSR count). The van der Waals surface area contributed by atoms with E-state index in [4.69, 9.17) is 0 Å². The van der Waals surface area contributed by atoms with Crippen LogP contribution in [0.5, 0.6) is 0 Å². The minimum atomic E-state index is 0.182. The molecule has 0 bridgehead atoms. The highest BCUT2D eigenvalue weighted by Gasteiger charge is 2.16. The van der Waals surface area contributed by atoms with Gasteiger partial charge in [0, 0.05) is 19.2 Å². The van der Waals surface area contributed by atoms with Crippen LogP contribution in [0.3, 0.4) is 0 Å². The molecular formula is C16H25N5. The molecule has 2 aromatic heterocycles. The van der Waals surface area contributed by atoms with Gasteiger partial charge in [-0.25, -0.2) is 9.67 Å². The molecule has 5 nitrogen and oxygen atoms in total. The summed E-state index contributed by atoms with van der Waals surface area (Å²) in [5.41, 5.74) is 1.06. The van der Waals surface area contributed by atoms with Crippen LogP contribution in [0.4, 0.5) is 0 Å². The molecule has 21 heavy (non-hydrogen) atoms. The Labute approximate surface area is 126 Å². The van der Waals surface area contributed by atoms with Gasteiger partial charge in [-0.15, -0.1) is 0 Å². The molecule has 1 atom stereocenters. The van der Waals surface area contributed by atoms with Crippen LogP contribution in [0.25, 0.3) is 0 Å². The Morgan fingerprint density at radius 1 is 1.24 bits per heavy atom. The topological polar surface area (TPSA) is 55.6 Å². The summed E-state index contributed by atoms with van der Waals surface area (Å²) in [5, 5.41) is 7.90. The molecule has 0 aliphatic carbocycles. The first kappa shape index (κ1) is 15.6. The number of aromatic nitrogens is 4. The van der Waals surface area contributed by atoms with Crippen molar-refractivity contribution in [2.24, 2.45) is 5.92 Å². The molecule has 5 heteroatoms. The van der Waals surface area contributed by atoms with E-state index < -0.39 is 0 Å². The number of hydrogen-bond acceptors (Lipinski definition) is 4. The molecule has 0 aromatic carbocycles. The summed E-state index contributed by atoms with van der Waals surface area (Å²) in [6.07, 6.45) is 5.40. The highest BCUT2D eigenvalue weighted by molar-refractivity contribution is 5.11. The van der Waals surface area contributed by atoms with Gasteiger partial charge in [0.25, 0.3) is 0 Å². The summed E-state index contributed by atoms with van der Waals surface area (Å²) in [6.45, 7) is 8.43. The van der Waals surface area contributed by atoms with Crippen LogP contribution in [0.1, 0.15) is 44.8 Å². The van der Waals surface area contributed by atoms with Gasteiger partial charge in [-0.1, -0.05) is 26.8 Å². The molecule has 1 unspecified atom stereocenters. The van der Waals surface area contributed by atoms with Gasteiger partial charge in [0.05, 0.1) is 11.7 Å². The lowest BCUT2D eigenvalue weighted by Gasteiger charge is -2.18. The predicted octanol–water partition coefficient (Wildman–Crippen LogP) is 2.61. The third-order valence-electron chi connectivity index (χ3n) is 3.31. The number of nitrogens with one attached hydrogen (secondary N) is 1. The minimum Gasteiger partial charge on any atom is -0.308 e. The fourth-order valence-corrected chi connectivity index (χ4v) is 2.31. The van der Waals surface area contributed by atoms with E-state index in [-0.39, 0.29) is 6.04 Å². The Hall–Kier alpha value is -1.75. The summed E-state index contributed by atoms with van der Waals surface area (Å²) < 4.78 is 2.01. The molecule has 0 aliphatic heterocycles. The summed E-state index contributed by atoms with van der Waals surface area (Å²) in [4.78, 5) is 8.91. The fourth-order valence-electron chi connectivity index (χ4n) is 2.31. The normalized spacial score (nSPS) is 12.8. The highest BCUT2D eigenvalue weighted by Crippen LogP contribution is 2.15. The molecule has 2 aromatic rings. The standard InChI is InChI=1S/C16H25N5/c1-4-8-17-15(14-7-5-6-9-18-14)10-16-19-12-20-21(16)11-13(2)3/h5-7,9,12-13,15,17H,4,8,10-11H2,1-3H3. The lowest BCUT2D eigenvalue weighted by molar-refractivity contribution is 0.441. The minimum absolute atomic E-state index is 0.182. The van der Waals surface area contributed by atoms with E-state index in [2.05, 4.69) is 47.2 Å². The van der Waals surface area contributed by atoms with Crippen molar-refractivity contribution >= 4 is 0 Å². The van der Waals surface area contributed by atoms with Crippen LogP contribution in [-0.4, -0.2) is 26.3 Å². The van der Waals surface area contributed by atoms with E-state index in [1.54, 1.807) is 6.33 Å². The maximum atomic E-state index is 4.48. The summed E-state index contributed by atoms with van der Waals surface area (Å²) >= 11 is 0. The number of pyridine rings is 1. The molecule has 0 saturated carbocycles. The van der Waals surface area contributed by atoms with Crippen molar-refractivity contribution in [3.05, 3.63) is 42.2 Å². The van der Waals surface area contributed by atoms with Gasteiger partial charge in [-0.3, -0.25) is 4.98 Å². The second kappa shape index (κ2) is 7.88. The van der Waals surface area contributed by atoms with E-state index in [0.717, 1.165) is 37.4 Å². The summed E-state index contributed by atoms with van der Waals surface area (Å²) in [5.74, 6) is 1.57. The lowest BCUT2D eigenvalue weighted by Crippen LogP contribution is -2.26. The Balaban J connectivity index is 2.13. The number of hydrogen-bond donors (Lipinski definition) is 1. The van der Waals surface area contributed by atoms with Gasteiger partial charge in [0.15, 0.2) is 0 Å². The van der Waals surface area contributed by atoms with E-state index >= 15 is 0 Å². The SMILES string of the molecule is CCCNC(Cc1ncnn1CC(C)C)c1ccccn1. The predicted molar refractivity (Wildman–Crippen MR) is 83.8 cm³/mol. The van der Waals surface area contributed by atoms with Crippen LogP contribution in [0, 0.1) is 5.92 Å². The zero-order valence-corrected chi connectivity index (χ0v) is 13.2. The fraction of sp³-hybridized carbons (Fsp3) is 0.562. The third kappa shape index (κ3) is 4.63. The van der Waals surface area contributed by atoms with E-state index in [9.17, 15) is 0 Å². The van der Waals surface area contributed by atoms with Gasteiger partial charge < -0.3 is 5.32 Å². The largest absolute Gasteiger partial charge is 0.308 e. The van der Waals surface area contributed by atoms with Crippen molar-refractivity contribution in [1.82, 2.24) is 25.1 Å². The van der Waals surface area contributed by atoms with Gasteiger partial charge >= 0.3 is 0 Å². The molecular weight excluding hydrogens is 262 g/mol. The van der Waals surface area contributed by atoms with Gasteiger partial charge in [0.2, 0.25) is 0 Å². The van der Waals surface area contributed by atoms with Crippen LogP contribution in [-0.2, 0) is 13.0 Å². The summed E-state index contributed by atoms with van der Waals surface area (Å²) in [6, 6.07) is 6.22. The zero-order valence-electron chi connectivity index (χ0n) is 13.2. The van der Waals surface area contributed by atoms with Crippen molar-refractivity contribution in [3.8, 4) is 0 Å². The Bertz CT molecular complexity index is 520. The molecule has 0 spiro atoms. The van der Waals surface area contributed by atoms with E-state index in [0.29, 0.717) is 5.92 Å². The van der Waals surface area contributed by atoms with Crippen molar-refractivity contribution in [2.45, 2.75) is 46.2 Å². The molecule has 0 fully saturated rings. The molecule has 0 radical (unpaired) electrons. The van der Waals surface area contributed by atoms with Gasteiger partial charge in [-0.2, -0.15) is 5.10 Å². The first-order valence-electron chi connectivity index (χ1n) is 7.71. The first-order chi connectivity index (χ1) is 10.2. The average molecular weight is 287 g/mol. The molecule has 0 amide bonds. The Kier molecular flexibility index (Phi) is 5.87. The molecule has 114 valence electrons. The van der Waals surface area contributed by atoms with Gasteiger partial charge in [0.1, 0.15) is 12.2 Å². The van der Waals surface area contributed by atoms with Crippen LogP contribution < -0.4 is 5.32 Å². The maximum absolute atomic E-state index is 4.48. The lowest BCUT2D eigenvalue weighted by atomic mass is 10.1. The van der Waals surface area contributed by atoms with Crippen molar-refractivity contribution in [1.29, 1.82) is 0 Å². The summed E-state index contributed by atoms with van der Waals surface area (Å²) in [7, 11) is 0. The maximum Gasteiger partial charge on any atom is 0.138 e. The molecule has 0 aliphatic rings. The van der Waals surface area contributed by atoms with Crippen molar-refractivity contribution in [3.63, 3.8) is 0 Å². The molecule has 2 heterocycles. The Morgan fingerprint density at radius 3 is 2.76 bits per heavy atom. The zero-order chi connectivity index (χ0) is 15.1. The number of rotatable bonds is 8. The van der Waals surface area contributed by atoms with E-state index in [1.165, 1.54) is 0 Å². The molecule has 0 saturated heterocycles. The first-order valence-corrected chi connectivity index (χ1v) is 7.71. The van der Waals surface area contributed by atoms with Crippen LogP contribution in [0.2, 0.25) is 0 Å². The second-order valence-corrected chi connectivity index (χ2v) is 5.72. The van der Waals surface area contributed by atoms with Crippen molar-refractivity contribution < 1.29 is 0 Å². The number of nitrogens with zero attached hydrogens (tertiary/aromatic N) is 4. The highest BCUT2D eigenvalue weighted by atomic mass is 15.3. The Morgan fingerprint density at radius 2 is 2.10 bits per heavy atom. The van der Waals surface area contributed by atoms with Crippen LogP contribution in [0.15, 0.2) is 30.7 Å². The molecule has 1 N–H and O–H groups in total. The average Bonchev–Trinajstić information content (AvgIpc) is 2.90. The monoisotopic (exact) mass is 287 g/mol. The van der Waals surface area contributed by atoms with Gasteiger partial charge in [-0.05, 0) is 31.0 Å². The second-order valence-electron chi connectivity index (χ2n) is 5.72. The third-order valence-corrected chi connectivity index (χ3v) is 3.31.